The third-order valence-electron chi connectivity index (χ3n) is 91.0. The number of hydrogen-bond acceptors (Lipinski definition) is 0. The van der Waals surface area contributed by atoms with Gasteiger partial charge in [0, 0.05) is 0 Å². The van der Waals surface area contributed by atoms with Crippen molar-refractivity contribution in [2.75, 3.05) is 0 Å². The summed E-state index contributed by atoms with van der Waals surface area (Å²) in [6, 6.07) is 0. The topological polar surface area (TPSA) is 0 Å². The summed E-state index contributed by atoms with van der Waals surface area (Å²) in [5.74, 6) is 46.5. The van der Waals surface area contributed by atoms with Crippen LogP contribution in [0.15, 0.2) is 0 Å². The SMILES string of the molecule is C1C2C3C4C5C6C7CC8C9C%10C%11C%12[C@H]%13C%14C%15C%16C%17CC%18C%19C%20C%21C%22C%23CC%24C%25C%26C%27C%28C%29C%30C%31C%32C1C21C32C43C54C65C78C96C%107C%118C9%10C7%11C56C45C34C23C%321C%311C%302C67C13C41C5%11C93C16C14C35C%103C%128[C@@]%136C%148C%159C%16%10C%18%17C%19%11C%20%12C%21%13C%22%14C%23%24C%25%15C%26%16C%17%18C%14%15C%13%14C%12%13C%11%10C9%10C%139C%14%17C%11%12C9%13C%108[C@]36C%135C%111[C@@]13C%18%12C%27%16[C@@]%281C%292C743. The van der Waals surface area contributed by atoms with Crippen LogP contribution < -0.4 is 0 Å². The Labute approximate surface area is 536 Å². The van der Waals surface area contributed by atoms with Gasteiger partial charge in [-0.25, -0.2) is 0 Å². The first-order valence-corrected chi connectivity index (χ1v) is 47.8. The van der Waals surface area contributed by atoms with E-state index in [0.29, 0.717) is 0 Å². The minimum Gasteiger partial charge on any atom is -0.0458 e. The fourth-order valence-corrected chi connectivity index (χ4v) is 121. The number of hydrogen-bond donors (Lipinski definition) is 0. The minimum atomic E-state index is 1.12. The Kier molecular flexibility index (Phi) is 1.21. The van der Waals surface area contributed by atoms with Crippen LogP contribution in [0.2, 0.25) is 0 Å². The Hall–Kier alpha value is 0. The Bertz CT molecular complexity index is 7200. The molecule has 0 heteroatoms. The molecule has 0 aromatic rings. The van der Waals surface area contributed by atoms with Gasteiger partial charge in [-0.2, -0.15) is 0 Å². The maximum atomic E-state index is 1.93. The van der Waals surface area contributed by atoms with Crippen molar-refractivity contribution in [2.45, 2.75) is 25.7 Å². The summed E-state index contributed by atoms with van der Waals surface area (Å²) < 4.78 is 0. The van der Waals surface area contributed by atoms with Crippen LogP contribution in [0.1, 0.15) is 25.7 Å². The Morgan fingerprint density at radius 2 is 0.198 bits per heavy atom. The maximum Gasteiger partial charge on any atom is -0.0000127 e. The fraction of sp³-hybridized carbons (Fsp3) is 1.00. The molecule has 96 heavy (non-hydrogen) atoms. The maximum absolute atomic E-state index is 1.93. The molecule has 424 valence electrons. The lowest BCUT2D eigenvalue weighted by molar-refractivity contribution is -1.27. The molecule has 0 aromatic heterocycles. The molecule has 77 saturated carbocycles. The van der Waals surface area contributed by atoms with E-state index in [9.17, 15) is 0 Å². The van der Waals surface area contributed by atoms with Crippen LogP contribution in [0.5, 0.6) is 0 Å². The van der Waals surface area contributed by atoms with Gasteiger partial charge in [0.15, 0.2) is 0 Å². The van der Waals surface area contributed by atoms with E-state index < -0.39 is 0 Å². The van der Waals surface area contributed by atoms with Crippen LogP contribution in [0.3, 0.4) is 0 Å². The van der Waals surface area contributed by atoms with Gasteiger partial charge >= 0.3 is 0 Å². The Morgan fingerprint density at radius 3 is 0.344 bits per heavy atom. The Morgan fingerprint density at radius 1 is 0.0938 bits per heavy atom. The van der Waals surface area contributed by atoms with Crippen LogP contribution in [-0.2, 0) is 0 Å². The van der Waals surface area contributed by atoms with E-state index in [1.807, 2.05) is 25.7 Å². The van der Waals surface area contributed by atoms with Crippen LogP contribution in [0.25, 0.3) is 0 Å². The molecule has 77 aliphatic carbocycles. The monoisotopic (exact) mass is 1190 g/mol. The molecule has 0 heterocycles. The predicted octanol–water partition coefficient (Wildman–Crippen LogP) is 6.96. The molecule has 0 nitrogen and oxygen atoms in total. The van der Waals surface area contributed by atoms with Gasteiger partial charge in [0.05, 0.1) is 0 Å². The van der Waals surface area contributed by atoms with Crippen LogP contribution >= 0.6 is 0 Å². The van der Waals surface area contributed by atoms with Crippen LogP contribution in [0, 0.1) is 514 Å². The minimum absolute atomic E-state index is 1.12. The van der Waals surface area contributed by atoms with Gasteiger partial charge in [0.25, 0.3) is 0 Å². The second kappa shape index (κ2) is 3.97. The van der Waals surface area contributed by atoms with Crippen molar-refractivity contribution in [3.8, 4) is 0 Å². The summed E-state index contributed by atoms with van der Waals surface area (Å²) in [4.78, 5) is 0. The van der Waals surface area contributed by atoms with Crippen molar-refractivity contribution in [3.63, 3.8) is 0 Å². The third-order valence-corrected chi connectivity index (χ3v) is 91.0. The van der Waals surface area contributed by atoms with Gasteiger partial charge in [-0.15, -0.1) is 0 Å². The zero-order valence-electron chi connectivity index (χ0n) is 51.3. The highest BCUT2D eigenvalue weighted by atomic mass is 15.9. The lowest BCUT2D eigenvalue weighted by atomic mass is 8.19. The summed E-state index contributed by atoms with van der Waals surface area (Å²) in [5.41, 5.74) is 69.5. The molecule has 92 atom stereocenters. The highest BCUT2D eigenvalue weighted by Gasteiger charge is 3.89. The molecule has 0 bridgehead atoms. The number of fused-ring (bicyclic) bond motifs is 28. The molecular weight excluding hydrogens is 1150 g/mol. The molecule has 77 fully saturated rings. The van der Waals surface area contributed by atoms with E-state index in [0.717, 1.165) is 173 Å². The second-order valence-electron chi connectivity index (χ2n) is 65.3. The first-order valence-electron chi connectivity index (χ1n) is 47.8. The molecule has 0 amide bonds. The van der Waals surface area contributed by atoms with Gasteiger partial charge in [-0.1, -0.05) is 0 Å². The van der Waals surface area contributed by atoms with Gasteiger partial charge in [0.1, 0.15) is 0 Å². The Balaban J connectivity index is 0.625. The van der Waals surface area contributed by atoms with Crippen molar-refractivity contribution in [1.82, 2.24) is 0 Å². The first kappa shape index (κ1) is 29.3. The van der Waals surface area contributed by atoms with Crippen molar-refractivity contribution < 1.29 is 0 Å². The smallest absolute Gasteiger partial charge is 0.0000127 e. The normalized spacial score (nSPS) is 157. The van der Waals surface area contributed by atoms with Gasteiger partial charge in [-0.3, -0.25) is 0 Å². The first-order chi connectivity index (χ1) is 47.8. The van der Waals surface area contributed by atoms with E-state index in [1.165, 1.54) is 341 Å². The van der Waals surface area contributed by atoms with E-state index in [2.05, 4.69) is 0 Å². The molecule has 77 rings (SSSR count). The van der Waals surface area contributed by atoms with Crippen molar-refractivity contribution in [2.24, 2.45) is 417 Å². The summed E-state index contributed by atoms with van der Waals surface area (Å²) >= 11 is 0. The third kappa shape index (κ3) is 0.515. The fourth-order valence-electron chi connectivity index (χ4n) is 121. The lowest BCUT2D eigenvalue weighted by Gasteiger charge is -3.82. The lowest BCUT2D eigenvalue weighted by Crippen LogP contribution is -3.79. The molecular formula is C96H40. The van der Waals surface area contributed by atoms with E-state index >= 15 is 0 Å². The van der Waals surface area contributed by atoms with Gasteiger partial charge < -0.3 is 0 Å². The highest BCUT2D eigenvalue weighted by Crippen LogP contribution is 3.93. The zero-order chi connectivity index (χ0) is 51.3. The van der Waals surface area contributed by atoms with Gasteiger partial charge in [-0.05, 0) is 540 Å². The van der Waals surface area contributed by atoms with Gasteiger partial charge in [0.2, 0.25) is 0 Å². The molecule has 60 spiro atoms. The predicted molar refractivity (Wildman–Crippen MR) is 291 cm³/mol. The molecule has 0 N–H and O–H groups in total. The summed E-state index contributed by atoms with van der Waals surface area (Å²) in [6.45, 7) is 0. The van der Waals surface area contributed by atoms with E-state index in [-0.39, 0.29) is 0 Å². The average molecular weight is 1190 g/mol. The van der Waals surface area contributed by atoms with E-state index in [1.54, 1.807) is 0 Å². The molecule has 87 unspecified atom stereocenters. The highest BCUT2D eigenvalue weighted by molar-refractivity contribution is 6.82. The van der Waals surface area contributed by atoms with E-state index in [4.69, 9.17) is 0 Å². The molecule has 77 aliphatic rings. The average Bonchev–Trinajstić information content (AvgIpc) is 0.395. The van der Waals surface area contributed by atoms with Crippen LogP contribution in [0.4, 0.5) is 0 Å². The zero-order valence-corrected chi connectivity index (χ0v) is 51.3. The summed E-state index contributed by atoms with van der Waals surface area (Å²) in [6.07, 6.45) is 7.74. The quantitative estimate of drug-likeness (QED) is 0.247. The second-order valence-corrected chi connectivity index (χ2v) is 65.3. The molecule has 0 aromatic carbocycles. The summed E-state index contributed by atoms with van der Waals surface area (Å²) in [7, 11) is 0. The standard InChI is InChI=1S/C96H40/c1-5-13-21-22-14-6-2-10-18-27-31-35-36-32-28-20-12-4-8-16-24-23-15-7-3-11-19-26-30-34-33-29-25-17-9(1)37(5)41(13)49(21)50(22)42(14)38(6,10)46(18)55(27)59(31)63(35)64(36)60(32)56(28)48(20)40(8,12)44(16)52(24)51(23)43(15)39(7,11)47(19)54(26)58(30)62(34)61(33)57(29)53(25)45(17,37)65(41)69(49)70(50)66(42,46)74(55)79(59)83(63)84(64)80(60)76(56)68(44,48)72(52)71(51)67(43,47)75(54)78(58)82(62)81(61)77(57)73(53,65)85(69)86(70,74)90(79)89(77,85)93(81)94(82)91(78)87(71,75)88(72,76)92(80,91)96(84,94)95(83,90)93/h5-36H,1-4H2/t5?,6?,7?,8?,9?,10?,11?,12?,13?,14?,15?,16?,17?,18?,19?,20?,21?,22?,23?,24?,25?,26?,27?,28?,29?,30?,31?,32?,33-,34?,35?,36?,37?,38?,39?,40?,41?,42?,43?,44?,45?,46?,47?,48?,49?,50?,51?,52?,53?,54?,55?,56?,57?,58?,59?,60?,61+,62?,63-,64?,65?,66?,67?,68?,69?,70?,71?,72?,73?,74?,75?,76?,77?,78?,79?,80?,81+,82?,83-,84?,85?,86?,87?,88?,89?,90?,91?,92?,93?,94?,95?,96?/m1/s1. The van der Waals surface area contributed by atoms with Crippen LogP contribution in [-0.4, -0.2) is 0 Å². The molecule has 0 aliphatic heterocycles. The molecule has 0 radical (unpaired) electrons. The number of rotatable bonds is 0. The largest absolute Gasteiger partial charge is 0.0458 e. The van der Waals surface area contributed by atoms with Crippen molar-refractivity contribution in [1.29, 1.82) is 0 Å². The van der Waals surface area contributed by atoms with Crippen molar-refractivity contribution >= 4 is 0 Å². The van der Waals surface area contributed by atoms with Crippen molar-refractivity contribution in [3.05, 3.63) is 97.5 Å². The summed E-state index contributed by atoms with van der Waals surface area (Å²) in [5, 5.41) is 0. The molecule has 0 saturated heterocycles.